The van der Waals surface area contributed by atoms with E-state index in [1.54, 1.807) is 37.6 Å². The van der Waals surface area contributed by atoms with Gasteiger partial charge in [0, 0.05) is 30.0 Å². The molecule has 0 aliphatic heterocycles. The molecule has 110 valence electrons. The molecule has 21 heavy (non-hydrogen) atoms. The zero-order valence-electron chi connectivity index (χ0n) is 11.4. The topological polar surface area (TPSA) is 73.2 Å². The number of carbonyl (C=O) groups is 1. The number of halogens is 1. The summed E-state index contributed by atoms with van der Waals surface area (Å²) in [5.74, 6) is 0.365. The lowest BCUT2D eigenvalue weighted by Gasteiger charge is -2.09. The van der Waals surface area contributed by atoms with Gasteiger partial charge in [0.15, 0.2) is 0 Å². The average Bonchev–Trinajstić information content (AvgIpc) is 2.49. The monoisotopic (exact) mass is 351 g/mol. The molecule has 0 bridgehead atoms. The minimum Gasteiger partial charge on any atom is -0.497 e. The van der Waals surface area contributed by atoms with Crippen molar-refractivity contribution in [1.29, 1.82) is 0 Å². The van der Waals surface area contributed by atoms with Crippen LogP contribution in [0.3, 0.4) is 0 Å². The predicted octanol–water partition coefficient (Wildman–Crippen LogP) is 1.44. The molecule has 0 radical (unpaired) electrons. The first-order chi connectivity index (χ1) is 10.1. The minimum atomic E-state index is -0.339. The van der Waals surface area contributed by atoms with Gasteiger partial charge in [-0.1, -0.05) is 0 Å². The lowest BCUT2D eigenvalue weighted by Crippen LogP contribution is -2.31. The van der Waals surface area contributed by atoms with E-state index in [0.717, 1.165) is 0 Å². The molecule has 0 spiro atoms. The molecule has 0 fully saturated rings. The Hall–Kier alpha value is -2.15. The Morgan fingerprint density at radius 2 is 2.29 bits per heavy atom. The smallest absolute Gasteiger partial charge is 0.347 e. The Kier molecular flexibility index (Phi) is 5.10. The third-order valence-corrected chi connectivity index (χ3v) is 3.53. The van der Waals surface area contributed by atoms with E-state index in [2.05, 4.69) is 26.2 Å². The fourth-order valence-electron chi connectivity index (χ4n) is 1.75. The Labute approximate surface area is 129 Å². The summed E-state index contributed by atoms with van der Waals surface area (Å²) in [5, 5.41) is 2.75. The van der Waals surface area contributed by atoms with Crippen LogP contribution in [0.1, 0.15) is 10.4 Å². The third-order valence-electron chi connectivity index (χ3n) is 2.84. The summed E-state index contributed by atoms with van der Waals surface area (Å²) in [6.45, 7) is 0.689. The molecule has 1 aromatic heterocycles. The lowest BCUT2D eigenvalue weighted by molar-refractivity contribution is 0.0951. The molecule has 0 unspecified atom stereocenters. The van der Waals surface area contributed by atoms with E-state index in [-0.39, 0.29) is 11.6 Å². The number of rotatable bonds is 5. The van der Waals surface area contributed by atoms with E-state index in [9.17, 15) is 9.59 Å². The largest absolute Gasteiger partial charge is 0.497 e. The molecule has 7 heteroatoms. The van der Waals surface area contributed by atoms with E-state index in [1.165, 1.54) is 10.8 Å². The van der Waals surface area contributed by atoms with Crippen LogP contribution in [-0.4, -0.2) is 29.1 Å². The van der Waals surface area contributed by atoms with Crippen molar-refractivity contribution < 1.29 is 9.53 Å². The molecule has 2 aromatic rings. The van der Waals surface area contributed by atoms with Crippen molar-refractivity contribution in [3.63, 3.8) is 0 Å². The Bertz CT molecular complexity index is 700. The molecule has 6 nitrogen and oxygen atoms in total. The number of amides is 1. The summed E-state index contributed by atoms with van der Waals surface area (Å²) in [5.41, 5.74) is 0.141. The lowest BCUT2D eigenvalue weighted by atomic mass is 10.2. The first-order valence-electron chi connectivity index (χ1n) is 6.25. The van der Waals surface area contributed by atoms with Gasteiger partial charge in [-0.2, -0.15) is 0 Å². The average molecular weight is 352 g/mol. The molecule has 2 rings (SSSR count). The second-order valence-corrected chi connectivity index (χ2v) is 5.05. The zero-order chi connectivity index (χ0) is 15.2. The van der Waals surface area contributed by atoms with Gasteiger partial charge in [-0.3, -0.25) is 9.36 Å². The summed E-state index contributed by atoms with van der Waals surface area (Å²) >= 11 is 3.33. The fraction of sp³-hybridized carbons (Fsp3) is 0.214. The Balaban J connectivity index is 1.99. The van der Waals surface area contributed by atoms with Gasteiger partial charge in [-0.05, 0) is 40.2 Å². The summed E-state index contributed by atoms with van der Waals surface area (Å²) in [7, 11) is 1.54. The molecule has 0 saturated carbocycles. The molecule has 1 amide bonds. The molecule has 1 aromatic carbocycles. The quantitative estimate of drug-likeness (QED) is 0.884. The van der Waals surface area contributed by atoms with Crippen molar-refractivity contribution in [2.45, 2.75) is 6.54 Å². The number of nitrogens with one attached hydrogen (secondary N) is 1. The van der Waals surface area contributed by atoms with Crippen LogP contribution in [-0.2, 0) is 6.54 Å². The van der Waals surface area contributed by atoms with Crippen molar-refractivity contribution in [3.05, 3.63) is 57.2 Å². The van der Waals surface area contributed by atoms with E-state index < -0.39 is 0 Å². The first kappa shape index (κ1) is 15.2. The maximum atomic E-state index is 12.1. The maximum absolute atomic E-state index is 12.1. The van der Waals surface area contributed by atoms with Crippen molar-refractivity contribution in [3.8, 4) is 5.75 Å². The second kappa shape index (κ2) is 7.03. The normalized spacial score (nSPS) is 10.2. The van der Waals surface area contributed by atoms with Gasteiger partial charge in [0.1, 0.15) is 5.75 Å². The molecule has 0 atom stereocenters. The molecule has 1 heterocycles. The summed E-state index contributed by atoms with van der Waals surface area (Å²) in [6, 6.07) is 6.83. The van der Waals surface area contributed by atoms with Crippen LogP contribution in [0.25, 0.3) is 0 Å². The summed E-state index contributed by atoms with van der Waals surface area (Å²) < 4.78 is 7.21. The Morgan fingerprint density at radius 3 is 3.00 bits per heavy atom. The van der Waals surface area contributed by atoms with Gasteiger partial charge in [-0.15, -0.1) is 0 Å². The number of hydrogen-bond donors (Lipinski definition) is 1. The SMILES string of the molecule is COc1ccc(Br)c(C(=O)NCCn2cccnc2=O)c1. The summed E-state index contributed by atoms with van der Waals surface area (Å²) in [4.78, 5) is 27.2. The highest BCUT2D eigenvalue weighted by atomic mass is 79.9. The van der Waals surface area contributed by atoms with Crippen LogP contribution in [0, 0.1) is 0 Å². The van der Waals surface area contributed by atoms with Crippen molar-refractivity contribution in [2.75, 3.05) is 13.7 Å². The predicted molar refractivity (Wildman–Crippen MR) is 81.5 cm³/mol. The number of aromatic nitrogens is 2. The molecular weight excluding hydrogens is 338 g/mol. The van der Waals surface area contributed by atoms with Crippen LogP contribution < -0.4 is 15.7 Å². The zero-order valence-corrected chi connectivity index (χ0v) is 13.0. The van der Waals surface area contributed by atoms with E-state index in [0.29, 0.717) is 28.9 Å². The van der Waals surface area contributed by atoms with Crippen LogP contribution in [0.5, 0.6) is 5.75 Å². The third kappa shape index (κ3) is 3.91. The van der Waals surface area contributed by atoms with Gasteiger partial charge in [0.05, 0.1) is 12.7 Å². The van der Waals surface area contributed by atoms with Gasteiger partial charge in [0.2, 0.25) is 0 Å². The number of nitrogens with zero attached hydrogens (tertiary/aromatic N) is 2. The number of ether oxygens (including phenoxy) is 1. The number of hydrogen-bond acceptors (Lipinski definition) is 4. The van der Waals surface area contributed by atoms with Crippen LogP contribution in [0.4, 0.5) is 0 Å². The van der Waals surface area contributed by atoms with Gasteiger partial charge in [-0.25, -0.2) is 9.78 Å². The number of methoxy groups -OCH3 is 1. The molecular formula is C14H14BrN3O3. The van der Waals surface area contributed by atoms with E-state index >= 15 is 0 Å². The minimum absolute atomic E-state index is 0.238. The highest BCUT2D eigenvalue weighted by molar-refractivity contribution is 9.10. The summed E-state index contributed by atoms with van der Waals surface area (Å²) in [6.07, 6.45) is 3.06. The van der Waals surface area contributed by atoms with Crippen LogP contribution >= 0.6 is 15.9 Å². The number of carbonyl (C=O) groups excluding carboxylic acids is 1. The van der Waals surface area contributed by atoms with E-state index in [4.69, 9.17) is 4.74 Å². The van der Waals surface area contributed by atoms with Gasteiger partial charge < -0.3 is 10.1 Å². The standard InChI is InChI=1S/C14H14BrN3O3/c1-21-10-3-4-12(15)11(9-10)13(19)16-6-8-18-7-2-5-17-14(18)20/h2-5,7,9H,6,8H2,1H3,(H,16,19). The van der Waals surface area contributed by atoms with Crippen molar-refractivity contribution in [1.82, 2.24) is 14.9 Å². The maximum Gasteiger partial charge on any atom is 0.347 e. The molecule has 0 aliphatic carbocycles. The molecule has 1 N–H and O–H groups in total. The van der Waals surface area contributed by atoms with Crippen LogP contribution in [0.2, 0.25) is 0 Å². The Morgan fingerprint density at radius 1 is 1.48 bits per heavy atom. The fourth-order valence-corrected chi connectivity index (χ4v) is 2.17. The molecule has 0 saturated heterocycles. The van der Waals surface area contributed by atoms with Crippen molar-refractivity contribution in [2.24, 2.45) is 0 Å². The van der Waals surface area contributed by atoms with E-state index in [1.807, 2.05) is 0 Å². The molecule has 0 aliphatic rings. The van der Waals surface area contributed by atoms with Crippen molar-refractivity contribution >= 4 is 21.8 Å². The number of benzene rings is 1. The van der Waals surface area contributed by atoms with Gasteiger partial charge >= 0.3 is 5.69 Å². The highest BCUT2D eigenvalue weighted by Gasteiger charge is 2.10. The first-order valence-corrected chi connectivity index (χ1v) is 7.04. The van der Waals surface area contributed by atoms with Gasteiger partial charge in [0.25, 0.3) is 5.91 Å². The highest BCUT2D eigenvalue weighted by Crippen LogP contribution is 2.22. The van der Waals surface area contributed by atoms with Crippen LogP contribution in [0.15, 0.2) is 45.9 Å². The second-order valence-electron chi connectivity index (χ2n) is 4.20.